The van der Waals surface area contributed by atoms with Crippen LogP contribution in [-0.2, 0) is 6.54 Å². The van der Waals surface area contributed by atoms with Crippen LogP contribution in [0.25, 0.3) is 0 Å². The fourth-order valence-electron chi connectivity index (χ4n) is 1.48. The van der Waals surface area contributed by atoms with Crippen LogP contribution in [0.15, 0.2) is 24.3 Å². The average Bonchev–Trinajstić information content (AvgIpc) is 2.27. The van der Waals surface area contributed by atoms with Gasteiger partial charge >= 0.3 is 5.97 Å². The molecule has 0 aliphatic carbocycles. The Morgan fingerprint density at radius 1 is 1.44 bits per heavy atom. The van der Waals surface area contributed by atoms with Crippen molar-refractivity contribution in [1.82, 2.24) is 4.90 Å². The Kier molecular flexibility index (Phi) is 5.35. The van der Waals surface area contributed by atoms with Gasteiger partial charge in [-0.25, -0.2) is 4.79 Å². The topological polar surface area (TPSA) is 40.5 Å². The predicted octanol–water partition coefficient (Wildman–Crippen LogP) is 2.18. The van der Waals surface area contributed by atoms with Crippen molar-refractivity contribution in [1.29, 1.82) is 0 Å². The highest BCUT2D eigenvalue weighted by Crippen LogP contribution is 2.11. The number of carbonyl (C=O) groups is 1. The summed E-state index contributed by atoms with van der Waals surface area (Å²) in [6.07, 6.45) is 2.07. The molecular weight excluding hydrogens is 222 g/mol. The molecule has 0 saturated carbocycles. The number of thioether (sulfide) groups is 1. The maximum absolute atomic E-state index is 11.0. The molecule has 0 heterocycles. The van der Waals surface area contributed by atoms with Gasteiger partial charge in [0.15, 0.2) is 0 Å². The van der Waals surface area contributed by atoms with Crippen LogP contribution in [0.4, 0.5) is 0 Å². The van der Waals surface area contributed by atoms with Crippen LogP contribution in [0.1, 0.15) is 15.9 Å². The number of hydrogen-bond donors (Lipinski definition) is 1. The molecule has 1 N–H and O–H groups in total. The Labute approximate surface area is 100 Å². The van der Waals surface area contributed by atoms with E-state index in [0.29, 0.717) is 12.1 Å². The second kappa shape index (κ2) is 6.55. The van der Waals surface area contributed by atoms with Gasteiger partial charge in [0.05, 0.1) is 5.56 Å². The van der Waals surface area contributed by atoms with Gasteiger partial charge in [0, 0.05) is 18.8 Å². The molecule has 0 saturated heterocycles. The molecule has 88 valence electrons. The van der Waals surface area contributed by atoms with E-state index >= 15 is 0 Å². The van der Waals surface area contributed by atoms with Gasteiger partial charge in [-0.1, -0.05) is 18.2 Å². The highest BCUT2D eigenvalue weighted by atomic mass is 32.2. The lowest BCUT2D eigenvalue weighted by Gasteiger charge is -2.17. The highest BCUT2D eigenvalue weighted by molar-refractivity contribution is 7.98. The molecule has 1 aromatic carbocycles. The van der Waals surface area contributed by atoms with E-state index in [9.17, 15) is 4.79 Å². The lowest BCUT2D eigenvalue weighted by atomic mass is 10.1. The number of carboxylic acid groups (broad SMARTS) is 1. The molecule has 0 unspecified atom stereocenters. The van der Waals surface area contributed by atoms with Gasteiger partial charge in [0.25, 0.3) is 0 Å². The largest absolute Gasteiger partial charge is 0.478 e. The van der Waals surface area contributed by atoms with Crippen molar-refractivity contribution in [3.63, 3.8) is 0 Å². The molecule has 4 heteroatoms. The smallest absolute Gasteiger partial charge is 0.336 e. The van der Waals surface area contributed by atoms with Crippen molar-refractivity contribution in [3.05, 3.63) is 35.4 Å². The highest BCUT2D eigenvalue weighted by Gasteiger charge is 2.10. The zero-order chi connectivity index (χ0) is 12.0. The number of hydrogen-bond acceptors (Lipinski definition) is 3. The summed E-state index contributed by atoms with van der Waals surface area (Å²) in [4.78, 5) is 13.1. The Morgan fingerprint density at radius 2 is 2.12 bits per heavy atom. The summed E-state index contributed by atoms with van der Waals surface area (Å²) in [7, 11) is 2.01. The van der Waals surface area contributed by atoms with Crippen LogP contribution in [0.2, 0.25) is 0 Å². The third-order valence-electron chi connectivity index (χ3n) is 2.37. The van der Waals surface area contributed by atoms with Gasteiger partial charge in [-0.2, -0.15) is 11.8 Å². The third-order valence-corrected chi connectivity index (χ3v) is 2.96. The molecular formula is C12H17NO2S. The first-order valence-corrected chi connectivity index (χ1v) is 6.53. The normalized spacial score (nSPS) is 10.7. The minimum absolute atomic E-state index is 0.401. The van der Waals surface area contributed by atoms with Crippen LogP contribution < -0.4 is 0 Å². The molecule has 0 aliphatic rings. The van der Waals surface area contributed by atoms with E-state index in [1.54, 1.807) is 23.9 Å². The lowest BCUT2D eigenvalue weighted by molar-refractivity contribution is 0.0695. The quantitative estimate of drug-likeness (QED) is 0.826. The van der Waals surface area contributed by atoms with E-state index in [4.69, 9.17) is 5.11 Å². The summed E-state index contributed by atoms with van der Waals surface area (Å²) in [5, 5.41) is 9.03. The Bertz CT molecular complexity index is 355. The maximum Gasteiger partial charge on any atom is 0.336 e. The van der Waals surface area contributed by atoms with Gasteiger partial charge in [-0.05, 0) is 24.9 Å². The van der Waals surface area contributed by atoms with Crippen molar-refractivity contribution in [3.8, 4) is 0 Å². The van der Waals surface area contributed by atoms with Crippen molar-refractivity contribution < 1.29 is 9.90 Å². The van der Waals surface area contributed by atoms with Gasteiger partial charge in [-0.15, -0.1) is 0 Å². The van der Waals surface area contributed by atoms with E-state index in [1.165, 1.54) is 0 Å². The van der Waals surface area contributed by atoms with E-state index < -0.39 is 5.97 Å². The zero-order valence-electron chi connectivity index (χ0n) is 9.64. The van der Waals surface area contributed by atoms with Crippen molar-refractivity contribution >= 4 is 17.7 Å². The summed E-state index contributed by atoms with van der Waals surface area (Å²) in [5.41, 5.74) is 1.28. The van der Waals surface area contributed by atoms with Gasteiger partial charge in [-0.3, -0.25) is 0 Å². The standard InChI is InChI=1S/C12H17NO2S/c1-13(7-8-16-2)9-10-5-3-4-6-11(10)12(14)15/h3-6H,7-9H2,1-2H3,(H,14,15). The fraction of sp³-hybridized carbons (Fsp3) is 0.417. The van der Waals surface area contributed by atoms with Crippen molar-refractivity contribution in [2.24, 2.45) is 0 Å². The molecule has 0 aliphatic heterocycles. The van der Waals surface area contributed by atoms with Crippen molar-refractivity contribution in [2.45, 2.75) is 6.54 Å². The van der Waals surface area contributed by atoms with Crippen LogP contribution in [0, 0.1) is 0 Å². The molecule has 0 bridgehead atoms. The number of aromatic carboxylic acids is 1. The first-order chi connectivity index (χ1) is 7.65. The summed E-state index contributed by atoms with van der Waals surface area (Å²) in [6, 6.07) is 7.16. The predicted molar refractivity (Wildman–Crippen MR) is 68.1 cm³/mol. The van der Waals surface area contributed by atoms with E-state index in [0.717, 1.165) is 17.9 Å². The summed E-state index contributed by atoms with van der Waals surface area (Å²) in [6.45, 7) is 1.65. The van der Waals surface area contributed by atoms with E-state index in [1.807, 2.05) is 19.2 Å². The summed E-state index contributed by atoms with van der Waals surface area (Å²) in [5.74, 6) is 0.208. The monoisotopic (exact) mass is 239 g/mol. The Hall–Kier alpha value is -1.00. The molecule has 3 nitrogen and oxygen atoms in total. The minimum Gasteiger partial charge on any atom is -0.478 e. The number of benzene rings is 1. The lowest BCUT2D eigenvalue weighted by Crippen LogP contribution is -2.22. The van der Waals surface area contributed by atoms with E-state index in [2.05, 4.69) is 11.2 Å². The first kappa shape index (κ1) is 13.1. The number of carboxylic acids is 1. The number of nitrogens with zero attached hydrogens (tertiary/aromatic N) is 1. The van der Waals surface area contributed by atoms with Gasteiger partial charge < -0.3 is 10.0 Å². The zero-order valence-corrected chi connectivity index (χ0v) is 10.5. The molecule has 0 aromatic heterocycles. The summed E-state index contributed by atoms with van der Waals surface area (Å²) < 4.78 is 0. The Morgan fingerprint density at radius 3 is 2.75 bits per heavy atom. The Balaban J connectivity index is 2.69. The molecule has 1 aromatic rings. The average molecular weight is 239 g/mol. The molecule has 16 heavy (non-hydrogen) atoms. The molecule has 0 amide bonds. The third kappa shape index (κ3) is 3.87. The maximum atomic E-state index is 11.0. The van der Waals surface area contributed by atoms with Crippen LogP contribution >= 0.6 is 11.8 Å². The van der Waals surface area contributed by atoms with E-state index in [-0.39, 0.29) is 0 Å². The minimum atomic E-state index is -0.853. The SMILES string of the molecule is CSCCN(C)Cc1ccccc1C(=O)O. The van der Waals surface area contributed by atoms with Crippen LogP contribution in [-0.4, -0.2) is 41.6 Å². The fourth-order valence-corrected chi connectivity index (χ4v) is 1.98. The second-order valence-electron chi connectivity index (χ2n) is 3.69. The van der Waals surface area contributed by atoms with Crippen LogP contribution in [0.3, 0.4) is 0 Å². The molecule has 0 spiro atoms. The van der Waals surface area contributed by atoms with Crippen LogP contribution in [0.5, 0.6) is 0 Å². The molecule has 0 atom stereocenters. The second-order valence-corrected chi connectivity index (χ2v) is 4.68. The molecule has 1 rings (SSSR count). The van der Waals surface area contributed by atoms with Gasteiger partial charge in [0.1, 0.15) is 0 Å². The van der Waals surface area contributed by atoms with Crippen molar-refractivity contribution in [2.75, 3.05) is 25.6 Å². The first-order valence-electron chi connectivity index (χ1n) is 5.14. The van der Waals surface area contributed by atoms with Gasteiger partial charge in [0.2, 0.25) is 0 Å². The number of rotatable bonds is 6. The molecule has 0 fully saturated rings. The summed E-state index contributed by atoms with van der Waals surface area (Å²) >= 11 is 1.79. The molecule has 0 radical (unpaired) electrons.